The van der Waals surface area contributed by atoms with Gasteiger partial charge in [0.05, 0.1) is 7.11 Å². The second-order valence-corrected chi connectivity index (χ2v) is 21.7. The van der Waals surface area contributed by atoms with Crippen molar-refractivity contribution in [2.24, 2.45) is 5.73 Å². The SMILES string of the molecule is COC(=O)CNC(=O)C(CSSCP(Br)(c1ccccc1)(c1ccccc1)c1ccccc1)NC(=O)CCC(N)C(=O)OC. The van der Waals surface area contributed by atoms with Crippen LogP contribution in [-0.2, 0) is 28.7 Å². The molecule has 0 bridgehead atoms. The number of rotatable bonds is 16. The summed E-state index contributed by atoms with van der Waals surface area (Å²) in [7, 11) is 5.48. The third kappa shape index (κ3) is 8.85. The number of hydrogen-bond donors (Lipinski definition) is 3. The summed E-state index contributed by atoms with van der Waals surface area (Å²) in [6, 6.07) is 29.1. The van der Waals surface area contributed by atoms with Gasteiger partial charge in [-0.1, -0.05) is 0 Å². The van der Waals surface area contributed by atoms with Gasteiger partial charge in [0, 0.05) is 0 Å². The van der Waals surface area contributed by atoms with Gasteiger partial charge in [0.15, 0.2) is 0 Å². The van der Waals surface area contributed by atoms with E-state index in [4.69, 9.17) is 5.73 Å². The smallest absolute Gasteiger partial charge is 0.0806 e. The van der Waals surface area contributed by atoms with Crippen molar-refractivity contribution in [3.63, 3.8) is 0 Å². The van der Waals surface area contributed by atoms with Gasteiger partial charge in [0.2, 0.25) is 0 Å². The van der Waals surface area contributed by atoms with Crippen LogP contribution in [0.4, 0.5) is 0 Å². The predicted octanol–water partition coefficient (Wildman–Crippen LogP) is 3.22. The van der Waals surface area contributed by atoms with Crippen LogP contribution in [0.3, 0.4) is 0 Å². The number of hydrogen-bond acceptors (Lipinski definition) is 9. The van der Waals surface area contributed by atoms with E-state index in [1.54, 1.807) is 10.8 Å². The van der Waals surface area contributed by atoms with Gasteiger partial charge in [-0.2, -0.15) is 0 Å². The molecule has 13 heteroatoms. The molecule has 44 heavy (non-hydrogen) atoms. The Morgan fingerprint density at radius 1 is 0.818 bits per heavy atom. The van der Waals surface area contributed by atoms with E-state index in [0.717, 1.165) is 15.9 Å². The maximum absolute atomic E-state index is 13.1. The zero-order valence-corrected chi connectivity index (χ0v) is 28.6. The van der Waals surface area contributed by atoms with Crippen molar-refractivity contribution in [2.75, 3.05) is 32.0 Å². The number of ether oxygens (including phenoxy) is 2. The molecule has 3 rings (SSSR count). The normalized spacial score (nSPS) is 13.4. The molecule has 3 aromatic carbocycles. The Kier molecular flexibility index (Phi) is 13.7. The van der Waals surface area contributed by atoms with Crippen LogP contribution < -0.4 is 32.3 Å². The Bertz CT molecular complexity index is 1310. The van der Waals surface area contributed by atoms with Crippen molar-refractivity contribution in [1.29, 1.82) is 0 Å². The molecule has 2 atom stereocenters. The molecule has 2 amide bonds. The van der Waals surface area contributed by atoms with Crippen LogP contribution in [0.25, 0.3) is 0 Å². The van der Waals surface area contributed by atoms with Gasteiger partial charge in [0.1, 0.15) is 0 Å². The summed E-state index contributed by atoms with van der Waals surface area (Å²) in [5.74, 6) is -2.00. The van der Waals surface area contributed by atoms with Gasteiger partial charge in [-0.3, -0.25) is 0 Å². The molecule has 0 aromatic heterocycles. The third-order valence-electron chi connectivity index (χ3n) is 6.97. The molecular formula is C31H37BrN3O6PS2. The van der Waals surface area contributed by atoms with Crippen LogP contribution >= 0.6 is 42.4 Å². The van der Waals surface area contributed by atoms with E-state index < -0.39 is 41.1 Å². The summed E-state index contributed by atoms with van der Waals surface area (Å²) in [6.45, 7) is -0.333. The molecule has 4 N–H and O–H groups in total. The Labute approximate surface area is 273 Å². The van der Waals surface area contributed by atoms with Gasteiger partial charge in [-0.15, -0.1) is 0 Å². The van der Waals surface area contributed by atoms with Crippen molar-refractivity contribution in [1.82, 2.24) is 10.6 Å². The summed E-state index contributed by atoms with van der Waals surface area (Å²) >= 11 is 4.40. The van der Waals surface area contributed by atoms with Gasteiger partial charge >= 0.3 is 268 Å². The minimum absolute atomic E-state index is 0.0559. The fourth-order valence-electron chi connectivity index (χ4n) is 4.50. The van der Waals surface area contributed by atoms with E-state index in [1.807, 2.05) is 54.6 Å². The number of nitrogens with one attached hydrogen (secondary N) is 2. The van der Waals surface area contributed by atoms with Crippen molar-refractivity contribution >= 4 is 82.0 Å². The van der Waals surface area contributed by atoms with Crippen LogP contribution in [-0.4, -0.2) is 67.8 Å². The quantitative estimate of drug-likeness (QED) is 0.0882. The predicted molar refractivity (Wildman–Crippen MR) is 185 cm³/mol. The van der Waals surface area contributed by atoms with E-state index in [1.165, 1.54) is 25.0 Å². The Morgan fingerprint density at radius 2 is 1.32 bits per heavy atom. The first-order valence-electron chi connectivity index (χ1n) is 13.7. The molecule has 2 unspecified atom stereocenters. The molecule has 0 heterocycles. The van der Waals surface area contributed by atoms with Crippen LogP contribution in [0.1, 0.15) is 12.8 Å². The minimum atomic E-state index is -3.20. The molecule has 0 saturated heterocycles. The summed E-state index contributed by atoms with van der Waals surface area (Å²) in [5.41, 5.74) is 6.41. The summed E-state index contributed by atoms with van der Waals surface area (Å²) in [6.07, 6.45) is -0.0245. The Hall–Kier alpha value is -2.89. The fourth-order valence-corrected chi connectivity index (χ4v) is 18.7. The van der Waals surface area contributed by atoms with Crippen LogP contribution in [0.15, 0.2) is 91.0 Å². The van der Waals surface area contributed by atoms with Crippen molar-refractivity contribution < 1.29 is 28.7 Å². The number of methoxy groups -OCH3 is 2. The van der Waals surface area contributed by atoms with E-state index in [9.17, 15) is 19.2 Å². The molecule has 0 saturated carbocycles. The number of carbonyl (C=O) groups is 4. The molecule has 0 spiro atoms. The van der Waals surface area contributed by atoms with Crippen molar-refractivity contribution in [2.45, 2.75) is 24.9 Å². The number of benzene rings is 3. The fraction of sp³-hybridized carbons (Fsp3) is 0.290. The molecule has 236 valence electrons. The number of carbonyl (C=O) groups excluding carboxylic acids is 4. The molecule has 9 nitrogen and oxygen atoms in total. The standard InChI is InChI=1S/C31H37BrN3O6PS2/c1-40-29(37)20-34-30(38)27(35-28(36)19-18-26(33)31(39)41-2)21-43-44-22-42(32,23-12-6-3-7-13-23,24-14-8-4-9-15-24)25-16-10-5-11-17-25/h3-17,26-27H,18-22,33H2,1-2H3,(H,34,38)(H,35,36). The van der Waals surface area contributed by atoms with E-state index in [-0.39, 0.29) is 25.1 Å². The maximum atomic E-state index is 13.1. The van der Waals surface area contributed by atoms with Crippen LogP contribution in [0, 0.1) is 0 Å². The first kappa shape index (κ1) is 35.6. The van der Waals surface area contributed by atoms with Crippen molar-refractivity contribution in [3.05, 3.63) is 91.0 Å². The zero-order chi connectivity index (χ0) is 32.0. The molecule has 0 radical (unpaired) electrons. The first-order chi connectivity index (χ1) is 21.1. The zero-order valence-electron chi connectivity index (χ0n) is 24.5. The van der Waals surface area contributed by atoms with Gasteiger partial charge in [0.25, 0.3) is 0 Å². The van der Waals surface area contributed by atoms with E-state index >= 15 is 0 Å². The average Bonchev–Trinajstić information content (AvgIpc) is 3.07. The second-order valence-electron chi connectivity index (χ2n) is 9.80. The molecular weight excluding hydrogens is 685 g/mol. The average molecular weight is 723 g/mol. The molecule has 0 aliphatic rings. The second kappa shape index (κ2) is 17.0. The van der Waals surface area contributed by atoms with Crippen LogP contribution in [0.5, 0.6) is 0 Å². The van der Waals surface area contributed by atoms with Crippen molar-refractivity contribution in [3.8, 4) is 0 Å². The van der Waals surface area contributed by atoms with Gasteiger partial charge in [-0.25, -0.2) is 0 Å². The Morgan fingerprint density at radius 3 is 1.77 bits per heavy atom. The number of halogens is 1. The van der Waals surface area contributed by atoms with Gasteiger partial charge < -0.3 is 0 Å². The number of nitrogens with two attached hydrogens (primary N) is 1. The molecule has 0 aliphatic heterocycles. The topological polar surface area (TPSA) is 137 Å². The summed E-state index contributed by atoms with van der Waals surface area (Å²) in [4.78, 5) is 49.1. The molecule has 0 aliphatic carbocycles. The molecule has 0 fully saturated rings. The number of esters is 2. The summed E-state index contributed by atoms with van der Waals surface area (Å²) < 4.78 is 9.24. The summed E-state index contributed by atoms with van der Waals surface area (Å²) in [5, 5.41) is 5.52. The van der Waals surface area contributed by atoms with Crippen LogP contribution in [0.2, 0.25) is 0 Å². The molecule has 3 aromatic rings. The van der Waals surface area contributed by atoms with Gasteiger partial charge in [-0.05, 0) is 0 Å². The third-order valence-corrected chi connectivity index (χ3v) is 21.5. The minimum Gasteiger partial charge on any atom is 0.0806 e. The Balaban J connectivity index is 1.84. The number of amides is 2. The van der Waals surface area contributed by atoms with E-state index in [2.05, 4.69) is 72.0 Å². The first-order valence-corrected chi connectivity index (χ1v) is 20.7. The van der Waals surface area contributed by atoms with E-state index in [0.29, 0.717) is 5.49 Å². The monoisotopic (exact) mass is 721 g/mol.